The van der Waals surface area contributed by atoms with E-state index in [2.05, 4.69) is 37.7 Å². The first-order chi connectivity index (χ1) is 15.6. The fourth-order valence-corrected chi connectivity index (χ4v) is 7.03. The number of likely N-dealkylation sites (tertiary alicyclic amines) is 1. The lowest BCUT2D eigenvalue weighted by Gasteiger charge is -2.53. The number of hydrogen-bond donors (Lipinski definition) is 1. The van der Waals surface area contributed by atoms with Gasteiger partial charge in [-0.1, -0.05) is 12.2 Å². The zero-order valence-electron chi connectivity index (χ0n) is 19.5. The molecule has 1 spiro atoms. The Kier molecular flexibility index (Phi) is 5.09. The van der Waals surface area contributed by atoms with Crippen LogP contribution in [0.4, 0.5) is 5.82 Å². The number of aryl methyl sites for hydroxylation is 2. The van der Waals surface area contributed by atoms with Crippen LogP contribution in [0.1, 0.15) is 44.2 Å². The SMILES string of the molecule is Cc1nn(C)cc1-c1ccc(NCC2CC3(CCN(CC4CC5C=CC4C5)CC3)C2)nn1. The van der Waals surface area contributed by atoms with Gasteiger partial charge in [-0.3, -0.25) is 4.68 Å². The standard InChI is InChI=1S/C26H36N6/c1-18-23(17-31(2)30-18)24-5-6-25(29-28-24)27-15-20-13-26(14-20)7-9-32(10-8-26)16-22-12-19-3-4-21(22)11-19/h3-6,17,19-22H,7-16H2,1-2H3,(H,27,29). The van der Waals surface area contributed by atoms with Crippen LogP contribution in [0.25, 0.3) is 11.3 Å². The monoisotopic (exact) mass is 432 g/mol. The molecule has 170 valence electrons. The van der Waals surface area contributed by atoms with Crippen LogP contribution in [0.3, 0.4) is 0 Å². The van der Waals surface area contributed by atoms with Gasteiger partial charge in [0.1, 0.15) is 5.82 Å². The van der Waals surface area contributed by atoms with Gasteiger partial charge in [0, 0.05) is 31.9 Å². The number of anilines is 1. The topological polar surface area (TPSA) is 58.9 Å². The van der Waals surface area contributed by atoms with Crippen molar-refractivity contribution in [1.82, 2.24) is 24.9 Å². The van der Waals surface area contributed by atoms with Gasteiger partial charge in [-0.05, 0) is 99.8 Å². The average molecular weight is 433 g/mol. The second-order valence-electron chi connectivity index (χ2n) is 11.1. The summed E-state index contributed by atoms with van der Waals surface area (Å²) >= 11 is 0. The number of allylic oxidation sites excluding steroid dienone is 2. The third kappa shape index (κ3) is 3.87. The van der Waals surface area contributed by atoms with E-state index >= 15 is 0 Å². The largest absolute Gasteiger partial charge is 0.368 e. The van der Waals surface area contributed by atoms with Gasteiger partial charge in [-0.15, -0.1) is 10.2 Å². The van der Waals surface area contributed by atoms with E-state index in [1.54, 1.807) is 0 Å². The lowest BCUT2D eigenvalue weighted by atomic mass is 9.57. The van der Waals surface area contributed by atoms with Crippen molar-refractivity contribution in [3.8, 4) is 11.3 Å². The third-order valence-electron chi connectivity index (χ3n) is 8.79. The van der Waals surface area contributed by atoms with Crippen LogP contribution in [0.2, 0.25) is 0 Å². The number of rotatable bonds is 6. The van der Waals surface area contributed by atoms with E-state index in [9.17, 15) is 0 Å². The molecule has 6 rings (SSSR count). The van der Waals surface area contributed by atoms with Crippen molar-refractivity contribution in [3.63, 3.8) is 0 Å². The van der Waals surface area contributed by atoms with E-state index < -0.39 is 0 Å². The molecule has 3 fully saturated rings. The van der Waals surface area contributed by atoms with Crippen LogP contribution in [-0.4, -0.2) is 51.1 Å². The summed E-state index contributed by atoms with van der Waals surface area (Å²) in [5.41, 5.74) is 3.55. The van der Waals surface area contributed by atoms with Crippen molar-refractivity contribution in [1.29, 1.82) is 0 Å². The van der Waals surface area contributed by atoms with Crippen LogP contribution in [-0.2, 0) is 7.05 Å². The predicted octanol–water partition coefficient (Wildman–Crippen LogP) is 4.30. The molecule has 0 aromatic carbocycles. The molecule has 0 radical (unpaired) electrons. The molecule has 3 aliphatic carbocycles. The summed E-state index contributed by atoms with van der Waals surface area (Å²) in [5, 5.41) is 16.7. The maximum Gasteiger partial charge on any atom is 0.148 e. The van der Waals surface area contributed by atoms with Crippen molar-refractivity contribution >= 4 is 5.82 Å². The maximum absolute atomic E-state index is 4.42. The number of aromatic nitrogens is 4. The summed E-state index contributed by atoms with van der Waals surface area (Å²) in [4.78, 5) is 2.77. The Bertz CT molecular complexity index is 976. The normalized spacial score (nSPS) is 29.0. The quantitative estimate of drug-likeness (QED) is 0.690. The molecule has 4 aliphatic rings. The van der Waals surface area contributed by atoms with E-state index in [0.717, 1.165) is 53.0 Å². The first-order valence-corrected chi connectivity index (χ1v) is 12.5. The van der Waals surface area contributed by atoms with Gasteiger partial charge in [0.05, 0.1) is 11.4 Å². The van der Waals surface area contributed by atoms with Gasteiger partial charge in [-0.2, -0.15) is 5.10 Å². The molecule has 3 atom stereocenters. The molecule has 1 saturated heterocycles. The summed E-state index contributed by atoms with van der Waals surface area (Å²) in [6.07, 6.45) is 15.4. The minimum atomic E-state index is 0.630. The Morgan fingerprint density at radius 2 is 1.94 bits per heavy atom. The Hall–Kier alpha value is -2.21. The Balaban J connectivity index is 0.943. The highest BCUT2D eigenvalue weighted by Gasteiger charge is 2.46. The number of nitrogens with zero attached hydrogens (tertiary/aromatic N) is 5. The van der Waals surface area contributed by atoms with E-state index in [1.165, 1.54) is 58.2 Å². The molecule has 32 heavy (non-hydrogen) atoms. The highest BCUT2D eigenvalue weighted by Crippen LogP contribution is 2.53. The van der Waals surface area contributed by atoms with Gasteiger partial charge in [0.25, 0.3) is 0 Å². The highest BCUT2D eigenvalue weighted by molar-refractivity contribution is 5.61. The average Bonchev–Trinajstić information content (AvgIpc) is 3.48. The molecular formula is C26H36N6. The Morgan fingerprint density at radius 1 is 1.09 bits per heavy atom. The predicted molar refractivity (Wildman–Crippen MR) is 127 cm³/mol. The van der Waals surface area contributed by atoms with Crippen molar-refractivity contribution in [3.05, 3.63) is 36.2 Å². The molecule has 6 heteroatoms. The molecule has 2 aromatic heterocycles. The second-order valence-corrected chi connectivity index (χ2v) is 11.1. The van der Waals surface area contributed by atoms with Gasteiger partial charge >= 0.3 is 0 Å². The van der Waals surface area contributed by atoms with Crippen LogP contribution >= 0.6 is 0 Å². The first-order valence-electron chi connectivity index (χ1n) is 12.5. The van der Waals surface area contributed by atoms with Crippen LogP contribution in [0.5, 0.6) is 0 Å². The molecule has 2 bridgehead atoms. The number of piperidine rings is 1. The minimum Gasteiger partial charge on any atom is -0.368 e. The van der Waals surface area contributed by atoms with Crippen LogP contribution in [0.15, 0.2) is 30.5 Å². The number of fused-ring (bicyclic) bond motifs is 2. The van der Waals surface area contributed by atoms with Gasteiger partial charge in [-0.25, -0.2) is 0 Å². The fraction of sp³-hybridized carbons (Fsp3) is 0.654. The van der Waals surface area contributed by atoms with Crippen molar-refractivity contribution in [2.24, 2.45) is 36.1 Å². The molecule has 1 N–H and O–H groups in total. The fourth-order valence-electron chi connectivity index (χ4n) is 7.03. The summed E-state index contributed by atoms with van der Waals surface area (Å²) in [7, 11) is 1.94. The number of hydrogen-bond acceptors (Lipinski definition) is 5. The summed E-state index contributed by atoms with van der Waals surface area (Å²) in [6.45, 7) is 7.01. The smallest absolute Gasteiger partial charge is 0.148 e. The highest BCUT2D eigenvalue weighted by atomic mass is 15.3. The van der Waals surface area contributed by atoms with Crippen molar-refractivity contribution < 1.29 is 0 Å². The molecule has 3 heterocycles. The van der Waals surface area contributed by atoms with Crippen molar-refractivity contribution in [2.75, 3.05) is 31.5 Å². The van der Waals surface area contributed by atoms with Crippen LogP contribution in [0, 0.1) is 36.0 Å². The summed E-state index contributed by atoms with van der Waals surface area (Å²) in [5.74, 6) is 4.39. The summed E-state index contributed by atoms with van der Waals surface area (Å²) < 4.78 is 1.82. The molecule has 3 unspecified atom stereocenters. The van der Waals surface area contributed by atoms with E-state index in [-0.39, 0.29) is 0 Å². The molecule has 0 amide bonds. The van der Waals surface area contributed by atoms with E-state index in [4.69, 9.17) is 0 Å². The molecule has 1 aliphatic heterocycles. The minimum absolute atomic E-state index is 0.630. The zero-order chi connectivity index (χ0) is 21.7. The van der Waals surface area contributed by atoms with Gasteiger partial charge < -0.3 is 10.2 Å². The Labute approximate surface area is 191 Å². The lowest BCUT2D eigenvalue weighted by molar-refractivity contribution is -0.0124. The molecule has 2 aromatic rings. The Morgan fingerprint density at radius 3 is 2.56 bits per heavy atom. The van der Waals surface area contributed by atoms with Gasteiger partial charge in [0.2, 0.25) is 0 Å². The van der Waals surface area contributed by atoms with Crippen molar-refractivity contribution in [2.45, 2.75) is 45.4 Å². The summed E-state index contributed by atoms with van der Waals surface area (Å²) in [6, 6.07) is 4.09. The molecule has 6 nitrogen and oxygen atoms in total. The first kappa shape index (κ1) is 20.4. The second kappa shape index (κ2) is 7.98. The van der Waals surface area contributed by atoms with E-state index in [1.807, 2.05) is 37.0 Å². The maximum atomic E-state index is 4.42. The van der Waals surface area contributed by atoms with Crippen LogP contribution < -0.4 is 5.32 Å². The third-order valence-corrected chi connectivity index (χ3v) is 8.79. The zero-order valence-corrected chi connectivity index (χ0v) is 19.5. The van der Waals surface area contributed by atoms with E-state index in [0.29, 0.717) is 5.41 Å². The molecular weight excluding hydrogens is 396 g/mol. The molecule has 2 saturated carbocycles. The van der Waals surface area contributed by atoms with Gasteiger partial charge in [0.15, 0.2) is 0 Å². The lowest BCUT2D eigenvalue weighted by Crippen LogP contribution is -2.49. The number of nitrogens with one attached hydrogen (secondary N) is 1.